The summed E-state index contributed by atoms with van der Waals surface area (Å²) in [5.41, 5.74) is 0.441. The van der Waals surface area contributed by atoms with Crippen LogP contribution in [-0.2, 0) is 0 Å². The lowest BCUT2D eigenvalue weighted by atomic mass is 10.00. The molecule has 0 aliphatic heterocycles. The number of rotatable bonds is 6. The maximum absolute atomic E-state index is 12.0. The van der Waals surface area contributed by atoms with Crippen molar-refractivity contribution in [3.05, 3.63) is 17.7 Å². The summed E-state index contributed by atoms with van der Waals surface area (Å²) in [6.45, 7) is 1.70. The Labute approximate surface area is 112 Å². The summed E-state index contributed by atoms with van der Waals surface area (Å²) in [5, 5.41) is 8.74. The number of carbonyl (C=O) groups excluding carboxylic acids is 1. The minimum absolute atomic E-state index is 0.131. The molecule has 1 rings (SSSR count). The summed E-state index contributed by atoms with van der Waals surface area (Å²) in [6, 6.07) is 5.22. The van der Waals surface area contributed by atoms with Gasteiger partial charge in [0.05, 0.1) is 33.3 Å². The number of Topliss-reactive ketones (excluding diaryl/α,β-unsaturated/α-hetero) is 1. The number of hydrogen-bond donors (Lipinski definition) is 0. The first-order valence-corrected chi connectivity index (χ1v) is 5.80. The van der Waals surface area contributed by atoms with E-state index in [9.17, 15) is 4.79 Å². The smallest absolute Gasteiger partial charge is 0.203 e. The van der Waals surface area contributed by atoms with Crippen molar-refractivity contribution >= 4 is 5.78 Å². The summed E-state index contributed by atoms with van der Waals surface area (Å²) in [7, 11) is 4.48. The number of ketones is 1. The molecular weight excluding hydrogens is 246 g/mol. The standard InChI is InChI=1S/C14H17NO4/c1-9(8-15)5-11(16)10-6-12(17-2)14(19-4)13(7-10)18-3/h6-7,9H,5H2,1-4H3. The molecule has 0 saturated carbocycles. The van der Waals surface area contributed by atoms with Gasteiger partial charge < -0.3 is 14.2 Å². The van der Waals surface area contributed by atoms with E-state index in [-0.39, 0.29) is 18.1 Å². The highest BCUT2D eigenvalue weighted by atomic mass is 16.5. The largest absolute Gasteiger partial charge is 0.493 e. The highest BCUT2D eigenvalue weighted by Crippen LogP contribution is 2.38. The van der Waals surface area contributed by atoms with Crippen LogP contribution in [0.4, 0.5) is 0 Å². The average Bonchev–Trinajstić information content (AvgIpc) is 2.44. The molecule has 0 aliphatic carbocycles. The monoisotopic (exact) mass is 263 g/mol. The number of hydrogen-bond acceptors (Lipinski definition) is 5. The van der Waals surface area contributed by atoms with E-state index < -0.39 is 0 Å². The molecule has 0 fully saturated rings. The van der Waals surface area contributed by atoms with E-state index in [2.05, 4.69) is 0 Å². The van der Waals surface area contributed by atoms with Crippen molar-refractivity contribution in [1.29, 1.82) is 5.26 Å². The highest BCUT2D eigenvalue weighted by Gasteiger charge is 2.18. The molecule has 0 heterocycles. The van der Waals surface area contributed by atoms with Crippen LogP contribution in [0.15, 0.2) is 12.1 Å². The van der Waals surface area contributed by atoms with Gasteiger partial charge in [0.25, 0.3) is 0 Å². The van der Waals surface area contributed by atoms with Gasteiger partial charge in [-0.05, 0) is 19.1 Å². The number of nitrogens with zero attached hydrogens (tertiary/aromatic N) is 1. The van der Waals surface area contributed by atoms with E-state index in [1.807, 2.05) is 6.07 Å². The van der Waals surface area contributed by atoms with Crippen LogP contribution in [0.25, 0.3) is 0 Å². The Bertz CT molecular complexity index is 480. The Balaban J connectivity index is 3.16. The maximum atomic E-state index is 12.0. The van der Waals surface area contributed by atoms with E-state index in [1.54, 1.807) is 19.1 Å². The second kappa shape index (κ2) is 6.64. The molecule has 1 unspecified atom stereocenters. The number of carbonyl (C=O) groups is 1. The highest BCUT2D eigenvalue weighted by molar-refractivity contribution is 5.97. The minimum Gasteiger partial charge on any atom is -0.493 e. The van der Waals surface area contributed by atoms with Gasteiger partial charge in [-0.3, -0.25) is 4.79 Å². The Morgan fingerprint density at radius 1 is 1.21 bits per heavy atom. The van der Waals surface area contributed by atoms with Gasteiger partial charge in [0, 0.05) is 12.0 Å². The van der Waals surface area contributed by atoms with Crippen LogP contribution in [0.5, 0.6) is 17.2 Å². The predicted octanol–water partition coefficient (Wildman–Crippen LogP) is 2.44. The lowest BCUT2D eigenvalue weighted by Gasteiger charge is -2.13. The van der Waals surface area contributed by atoms with Crippen LogP contribution in [0.3, 0.4) is 0 Å². The van der Waals surface area contributed by atoms with Crippen molar-refractivity contribution in [2.75, 3.05) is 21.3 Å². The van der Waals surface area contributed by atoms with Gasteiger partial charge in [0.15, 0.2) is 17.3 Å². The first-order valence-electron chi connectivity index (χ1n) is 5.80. The molecule has 1 aromatic carbocycles. The van der Waals surface area contributed by atoms with Crippen LogP contribution in [0, 0.1) is 17.2 Å². The van der Waals surface area contributed by atoms with E-state index in [0.29, 0.717) is 22.8 Å². The van der Waals surface area contributed by atoms with Crippen LogP contribution >= 0.6 is 0 Å². The fraction of sp³-hybridized carbons (Fsp3) is 0.429. The van der Waals surface area contributed by atoms with Crippen molar-refractivity contribution < 1.29 is 19.0 Å². The molecule has 0 aliphatic rings. The minimum atomic E-state index is -0.327. The zero-order valence-electron chi connectivity index (χ0n) is 11.5. The maximum Gasteiger partial charge on any atom is 0.203 e. The van der Waals surface area contributed by atoms with Crippen LogP contribution in [0.1, 0.15) is 23.7 Å². The molecule has 1 aromatic rings. The molecule has 0 saturated heterocycles. The third-order valence-electron chi connectivity index (χ3n) is 2.70. The van der Waals surface area contributed by atoms with E-state index in [0.717, 1.165) is 0 Å². The molecule has 0 radical (unpaired) electrons. The first kappa shape index (κ1) is 14.8. The van der Waals surface area contributed by atoms with Crippen LogP contribution in [0.2, 0.25) is 0 Å². The van der Waals surface area contributed by atoms with Crippen molar-refractivity contribution in [3.8, 4) is 23.3 Å². The molecule has 5 nitrogen and oxygen atoms in total. The number of benzene rings is 1. The van der Waals surface area contributed by atoms with Crippen molar-refractivity contribution in [1.82, 2.24) is 0 Å². The van der Waals surface area contributed by atoms with E-state index in [1.165, 1.54) is 21.3 Å². The molecule has 1 atom stereocenters. The van der Waals surface area contributed by atoms with Gasteiger partial charge in [0.2, 0.25) is 5.75 Å². The van der Waals surface area contributed by atoms with Gasteiger partial charge in [-0.1, -0.05) is 0 Å². The molecule has 0 aromatic heterocycles. The Hall–Kier alpha value is -2.22. The number of methoxy groups -OCH3 is 3. The predicted molar refractivity (Wildman–Crippen MR) is 69.8 cm³/mol. The zero-order valence-corrected chi connectivity index (χ0v) is 11.5. The number of ether oxygens (including phenoxy) is 3. The molecule has 5 heteroatoms. The van der Waals surface area contributed by atoms with Gasteiger partial charge in [-0.2, -0.15) is 5.26 Å². The molecule has 19 heavy (non-hydrogen) atoms. The van der Waals surface area contributed by atoms with Crippen LogP contribution in [-0.4, -0.2) is 27.1 Å². The third kappa shape index (κ3) is 3.38. The zero-order chi connectivity index (χ0) is 14.4. The normalized spacial score (nSPS) is 11.3. The van der Waals surface area contributed by atoms with Gasteiger partial charge >= 0.3 is 0 Å². The van der Waals surface area contributed by atoms with Gasteiger partial charge in [0.1, 0.15) is 0 Å². The SMILES string of the molecule is COc1cc(C(=O)CC(C)C#N)cc(OC)c1OC. The second-order valence-electron chi connectivity index (χ2n) is 4.07. The first-order chi connectivity index (χ1) is 9.07. The van der Waals surface area contributed by atoms with E-state index in [4.69, 9.17) is 19.5 Å². The molecule has 0 amide bonds. The lowest BCUT2D eigenvalue weighted by Crippen LogP contribution is -2.06. The van der Waals surface area contributed by atoms with Crippen LogP contribution < -0.4 is 14.2 Å². The summed E-state index contributed by atoms with van der Waals surface area (Å²) >= 11 is 0. The molecular formula is C14H17NO4. The lowest BCUT2D eigenvalue weighted by molar-refractivity contribution is 0.0972. The quantitative estimate of drug-likeness (QED) is 0.737. The van der Waals surface area contributed by atoms with Crippen molar-refractivity contribution in [2.24, 2.45) is 5.92 Å². The summed E-state index contributed by atoms with van der Waals surface area (Å²) in [5.74, 6) is 0.833. The molecule has 0 N–H and O–H groups in total. The molecule has 102 valence electrons. The summed E-state index contributed by atoms with van der Waals surface area (Å²) in [4.78, 5) is 12.0. The second-order valence-corrected chi connectivity index (χ2v) is 4.07. The fourth-order valence-corrected chi connectivity index (χ4v) is 1.68. The fourth-order valence-electron chi connectivity index (χ4n) is 1.68. The average molecular weight is 263 g/mol. The topological polar surface area (TPSA) is 68.6 Å². The molecule has 0 bridgehead atoms. The number of nitriles is 1. The Morgan fingerprint density at radius 2 is 1.74 bits per heavy atom. The van der Waals surface area contributed by atoms with E-state index >= 15 is 0 Å². The van der Waals surface area contributed by atoms with Crippen molar-refractivity contribution in [2.45, 2.75) is 13.3 Å². The Kier molecular flexibility index (Phi) is 5.19. The van der Waals surface area contributed by atoms with Gasteiger partial charge in [-0.25, -0.2) is 0 Å². The van der Waals surface area contributed by atoms with Gasteiger partial charge in [-0.15, -0.1) is 0 Å². The third-order valence-corrected chi connectivity index (χ3v) is 2.70. The Morgan fingerprint density at radius 3 is 2.11 bits per heavy atom. The van der Waals surface area contributed by atoms with Crippen molar-refractivity contribution in [3.63, 3.8) is 0 Å². The summed E-state index contributed by atoms with van der Waals surface area (Å²) in [6.07, 6.45) is 0.162. The molecule has 0 spiro atoms. The summed E-state index contributed by atoms with van der Waals surface area (Å²) < 4.78 is 15.5.